The lowest BCUT2D eigenvalue weighted by molar-refractivity contribution is 0.0621. The molecule has 1 aliphatic heterocycles. The third-order valence-corrected chi connectivity index (χ3v) is 5.31. The van der Waals surface area contributed by atoms with Crippen LogP contribution in [0.15, 0.2) is 48.5 Å². The minimum Gasteiger partial charge on any atom is -0.326 e. The SMILES string of the molecule is CCc1ccc(C2CNCCN2C(=O)c2nc(C)n(-c3ccc(F)cc3)n2)cc1.Cl. The lowest BCUT2D eigenvalue weighted by atomic mass is 10.0. The smallest absolute Gasteiger partial charge is 0.294 e. The van der Waals surface area contributed by atoms with E-state index in [1.165, 1.54) is 17.7 Å². The highest BCUT2D eigenvalue weighted by Gasteiger charge is 2.31. The molecule has 0 aliphatic carbocycles. The largest absolute Gasteiger partial charge is 0.326 e. The molecule has 1 unspecified atom stereocenters. The maximum atomic E-state index is 13.3. The van der Waals surface area contributed by atoms with Crippen LogP contribution < -0.4 is 5.32 Å². The lowest BCUT2D eigenvalue weighted by Crippen LogP contribution is -2.49. The van der Waals surface area contributed by atoms with Gasteiger partial charge in [0.2, 0.25) is 5.82 Å². The first-order valence-electron chi connectivity index (χ1n) is 9.87. The predicted octanol–water partition coefficient (Wildman–Crippen LogP) is 3.49. The lowest BCUT2D eigenvalue weighted by Gasteiger charge is -2.36. The number of benzene rings is 2. The van der Waals surface area contributed by atoms with Crippen LogP contribution >= 0.6 is 12.4 Å². The molecule has 0 saturated carbocycles. The van der Waals surface area contributed by atoms with Gasteiger partial charge in [-0.05, 0) is 48.7 Å². The Balaban J connectivity index is 0.00000256. The summed E-state index contributed by atoms with van der Waals surface area (Å²) in [5, 5.41) is 7.78. The second-order valence-corrected chi connectivity index (χ2v) is 7.18. The van der Waals surface area contributed by atoms with Crippen LogP contribution in [0.3, 0.4) is 0 Å². The van der Waals surface area contributed by atoms with Gasteiger partial charge in [-0.3, -0.25) is 4.79 Å². The van der Waals surface area contributed by atoms with Crippen molar-refractivity contribution in [1.82, 2.24) is 25.0 Å². The summed E-state index contributed by atoms with van der Waals surface area (Å²) in [4.78, 5) is 19.5. The summed E-state index contributed by atoms with van der Waals surface area (Å²) in [6, 6.07) is 14.3. The Morgan fingerprint density at radius 2 is 1.87 bits per heavy atom. The van der Waals surface area contributed by atoms with Gasteiger partial charge in [-0.15, -0.1) is 17.5 Å². The molecule has 1 aromatic heterocycles. The molecule has 8 heteroatoms. The number of piperazine rings is 1. The van der Waals surface area contributed by atoms with Gasteiger partial charge in [0.1, 0.15) is 11.6 Å². The molecule has 6 nitrogen and oxygen atoms in total. The van der Waals surface area contributed by atoms with Crippen molar-refractivity contribution >= 4 is 18.3 Å². The molecule has 0 bridgehead atoms. The third kappa shape index (κ3) is 4.37. The molecular weight excluding hydrogens is 405 g/mol. The zero-order chi connectivity index (χ0) is 20.4. The second-order valence-electron chi connectivity index (χ2n) is 7.18. The summed E-state index contributed by atoms with van der Waals surface area (Å²) in [5.41, 5.74) is 3.03. The molecule has 158 valence electrons. The van der Waals surface area contributed by atoms with Crippen LogP contribution in [0, 0.1) is 12.7 Å². The van der Waals surface area contributed by atoms with Crippen molar-refractivity contribution in [3.8, 4) is 5.69 Å². The molecule has 1 saturated heterocycles. The molecule has 4 rings (SSSR count). The maximum Gasteiger partial charge on any atom is 0.294 e. The van der Waals surface area contributed by atoms with Crippen molar-refractivity contribution in [2.45, 2.75) is 26.3 Å². The number of carbonyl (C=O) groups is 1. The molecule has 1 N–H and O–H groups in total. The first-order chi connectivity index (χ1) is 14.1. The van der Waals surface area contributed by atoms with Gasteiger partial charge >= 0.3 is 0 Å². The van der Waals surface area contributed by atoms with E-state index < -0.39 is 0 Å². The highest BCUT2D eigenvalue weighted by atomic mass is 35.5. The standard InChI is InChI=1S/C22H24FN5O.ClH/c1-3-16-4-6-17(7-5-16)20-14-24-12-13-27(20)22(29)21-25-15(2)28(26-21)19-10-8-18(23)9-11-19;/h4-11,20,24H,3,12-14H2,1-2H3;1H. The molecule has 1 amide bonds. The van der Waals surface area contributed by atoms with Crippen LogP contribution in [-0.4, -0.2) is 45.2 Å². The van der Waals surface area contributed by atoms with Crippen LogP contribution in [0.5, 0.6) is 0 Å². The van der Waals surface area contributed by atoms with Gasteiger partial charge in [-0.1, -0.05) is 31.2 Å². The van der Waals surface area contributed by atoms with Crippen molar-refractivity contribution in [2.75, 3.05) is 19.6 Å². The number of carbonyl (C=O) groups excluding carboxylic acids is 1. The van der Waals surface area contributed by atoms with E-state index in [0.717, 1.165) is 18.5 Å². The molecule has 3 aromatic rings. The Morgan fingerprint density at radius 3 is 2.53 bits per heavy atom. The topological polar surface area (TPSA) is 63.1 Å². The van der Waals surface area contributed by atoms with E-state index in [-0.39, 0.29) is 36.0 Å². The van der Waals surface area contributed by atoms with Gasteiger partial charge < -0.3 is 10.2 Å². The van der Waals surface area contributed by atoms with Crippen molar-refractivity contribution in [1.29, 1.82) is 0 Å². The molecule has 1 atom stereocenters. The van der Waals surface area contributed by atoms with Crippen LogP contribution in [0.25, 0.3) is 5.69 Å². The highest BCUT2D eigenvalue weighted by Crippen LogP contribution is 2.24. The molecule has 0 radical (unpaired) electrons. The van der Waals surface area contributed by atoms with Crippen LogP contribution in [-0.2, 0) is 6.42 Å². The van der Waals surface area contributed by atoms with E-state index in [2.05, 4.69) is 46.6 Å². The number of rotatable bonds is 4. The Kier molecular flexibility index (Phi) is 6.84. The first kappa shape index (κ1) is 21.9. The van der Waals surface area contributed by atoms with Gasteiger partial charge in [0.15, 0.2) is 0 Å². The summed E-state index contributed by atoms with van der Waals surface area (Å²) in [7, 11) is 0. The van der Waals surface area contributed by atoms with Gasteiger partial charge in [0, 0.05) is 19.6 Å². The van der Waals surface area contributed by atoms with Crippen LogP contribution in [0.2, 0.25) is 0 Å². The summed E-state index contributed by atoms with van der Waals surface area (Å²) in [6.07, 6.45) is 0.982. The summed E-state index contributed by atoms with van der Waals surface area (Å²) >= 11 is 0. The monoisotopic (exact) mass is 429 g/mol. The van der Waals surface area contributed by atoms with E-state index in [1.54, 1.807) is 23.7 Å². The van der Waals surface area contributed by atoms with Gasteiger partial charge in [0.25, 0.3) is 5.91 Å². The minimum atomic E-state index is -0.319. The Bertz CT molecular complexity index is 1000. The number of halogens is 2. The van der Waals surface area contributed by atoms with Crippen molar-refractivity contribution in [3.63, 3.8) is 0 Å². The number of aryl methyl sites for hydroxylation is 2. The molecule has 1 aliphatic rings. The molecule has 1 fully saturated rings. The number of nitrogens with zero attached hydrogens (tertiary/aromatic N) is 4. The van der Waals surface area contributed by atoms with E-state index in [1.807, 2.05) is 4.90 Å². The second kappa shape index (κ2) is 9.36. The fourth-order valence-electron chi connectivity index (χ4n) is 3.66. The fourth-order valence-corrected chi connectivity index (χ4v) is 3.66. The molecule has 2 heterocycles. The Labute approximate surface area is 181 Å². The van der Waals surface area contributed by atoms with Gasteiger partial charge in [-0.25, -0.2) is 14.1 Å². The van der Waals surface area contributed by atoms with Crippen molar-refractivity contribution in [2.24, 2.45) is 0 Å². The van der Waals surface area contributed by atoms with Crippen molar-refractivity contribution in [3.05, 3.63) is 77.1 Å². The number of amides is 1. The zero-order valence-electron chi connectivity index (χ0n) is 17.0. The molecular formula is C22H25ClFN5O. The van der Waals surface area contributed by atoms with Gasteiger partial charge in [-0.2, -0.15) is 0 Å². The first-order valence-corrected chi connectivity index (χ1v) is 9.87. The Hall–Kier alpha value is -2.77. The maximum absolute atomic E-state index is 13.3. The normalized spacial score (nSPS) is 16.2. The average molecular weight is 430 g/mol. The molecule has 30 heavy (non-hydrogen) atoms. The quantitative estimate of drug-likeness (QED) is 0.689. The molecule has 0 spiro atoms. The Morgan fingerprint density at radius 1 is 1.17 bits per heavy atom. The average Bonchev–Trinajstić information content (AvgIpc) is 3.15. The zero-order valence-corrected chi connectivity index (χ0v) is 17.8. The number of nitrogens with one attached hydrogen (secondary N) is 1. The van der Waals surface area contributed by atoms with E-state index in [4.69, 9.17) is 0 Å². The van der Waals surface area contributed by atoms with E-state index in [9.17, 15) is 9.18 Å². The minimum absolute atomic E-state index is 0. The van der Waals surface area contributed by atoms with E-state index >= 15 is 0 Å². The summed E-state index contributed by atoms with van der Waals surface area (Å²) in [5.74, 6) is 0.225. The predicted molar refractivity (Wildman–Crippen MR) is 116 cm³/mol. The molecule has 2 aromatic carbocycles. The highest BCUT2D eigenvalue weighted by molar-refractivity contribution is 5.91. The fraction of sp³-hybridized carbons (Fsp3) is 0.318. The summed E-state index contributed by atoms with van der Waals surface area (Å²) < 4.78 is 14.8. The van der Waals surface area contributed by atoms with Crippen LogP contribution in [0.4, 0.5) is 4.39 Å². The van der Waals surface area contributed by atoms with Crippen molar-refractivity contribution < 1.29 is 9.18 Å². The number of hydrogen-bond donors (Lipinski definition) is 1. The van der Waals surface area contributed by atoms with Crippen LogP contribution in [0.1, 0.15) is 40.5 Å². The van der Waals surface area contributed by atoms with Gasteiger partial charge in [0.05, 0.1) is 11.7 Å². The third-order valence-electron chi connectivity index (χ3n) is 5.31. The number of aromatic nitrogens is 3. The number of hydrogen-bond acceptors (Lipinski definition) is 4. The van der Waals surface area contributed by atoms with E-state index in [0.29, 0.717) is 24.6 Å². The summed E-state index contributed by atoms with van der Waals surface area (Å²) in [6.45, 7) is 5.91.